The molecule has 3 heteroatoms. The van der Waals surface area contributed by atoms with Crippen LogP contribution in [0.3, 0.4) is 0 Å². The van der Waals surface area contributed by atoms with Crippen LogP contribution in [0.25, 0.3) is 6.08 Å². The Hall–Kier alpha value is -1.48. The van der Waals surface area contributed by atoms with Crippen molar-refractivity contribution in [2.24, 2.45) is 5.73 Å². The van der Waals surface area contributed by atoms with Crippen molar-refractivity contribution in [3.63, 3.8) is 0 Å². The number of hydrogen-bond donors (Lipinski definition) is 1. The first-order valence-corrected chi connectivity index (χ1v) is 4.58. The van der Waals surface area contributed by atoms with E-state index in [1.807, 2.05) is 31.2 Å². The van der Waals surface area contributed by atoms with Crippen LogP contribution in [0.15, 0.2) is 18.2 Å². The van der Waals surface area contributed by atoms with Gasteiger partial charge in [-0.15, -0.1) is 0 Å². The van der Waals surface area contributed by atoms with Crippen LogP contribution in [0.2, 0.25) is 0 Å². The van der Waals surface area contributed by atoms with Gasteiger partial charge in [0.1, 0.15) is 0 Å². The fourth-order valence-electron chi connectivity index (χ4n) is 1.49. The average Bonchev–Trinajstić information content (AvgIpc) is 2.64. The summed E-state index contributed by atoms with van der Waals surface area (Å²) in [5.41, 5.74) is 7.64. The van der Waals surface area contributed by atoms with Crippen molar-refractivity contribution in [2.45, 2.75) is 6.92 Å². The summed E-state index contributed by atoms with van der Waals surface area (Å²) >= 11 is 0. The van der Waals surface area contributed by atoms with Crippen LogP contribution in [0, 0.1) is 6.92 Å². The molecule has 1 aromatic rings. The minimum Gasteiger partial charge on any atom is -0.454 e. The molecular weight excluding hydrogens is 178 g/mol. The molecule has 0 aliphatic carbocycles. The fraction of sp³-hybridized carbons (Fsp3) is 0.273. The Morgan fingerprint density at radius 2 is 2.29 bits per heavy atom. The van der Waals surface area contributed by atoms with Crippen molar-refractivity contribution >= 4 is 6.08 Å². The van der Waals surface area contributed by atoms with E-state index in [-0.39, 0.29) is 0 Å². The van der Waals surface area contributed by atoms with Crippen LogP contribution < -0.4 is 15.2 Å². The van der Waals surface area contributed by atoms with Gasteiger partial charge in [0.25, 0.3) is 0 Å². The van der Waals surface area contributed by atoms with E-state index < -0.39 is 0 Å². The molecule has 1 aliphatic heterocycles. The lowest BCUT2D eigenvalue weighted by atomic mass is 10.1. The SMILES string of the molecule is Cc1ccc2c(c1/C=C/CN)OCO2. The zero-order chi connectivity index (χ0) is 9.97. The first-order chi connectivity index (χ1) is 6.83. The number of nitrogens with two attached hydrogens (primary N) is 1. The number of fused-ring (bicyclic) bond motifs is 1. The van der Waals surface area contributed by atoms with E-state index in [0.29, 0.717) is 13.3 Å². The Labute approximate surface area is 83.1 Å². The topological polar surface area (TPSA) is 44.5 Å². The van der Waals surface area contributed by atoms with Crippen molar-refractivity contribution in [3.8, 4) is 11.5 Å². The zero-order valence-electron chi connectivity index (χ0n) is 8.12. The van der Waals surface area contributed by atoms with E-state index in [9.17, 15) is 0 Å². The molecule has 1 aliphatic rings. The monoisotopic (exact) mass is 191 g/mol. The van der Waals surface area contributed by atoms with Gasteiger partial charge in [-0.2, -0.15) is 0 Å². The van der Waals surface area contributed by atoms with Gasteiger partial charge in [-0.25, -0.2) is 0 Å². The molecule has 0 amide bonds. The van der Waals surface area contributed by atoms with Crippen LogP contribution in [-0.2, 0) is 0 Å². The lowest BCUT2D eigenvalue weighted by Gasteiger charge is -2.04. The quantitative estimate of drug-likeness (QED) is 0.773. The highest BCUT2D eigenvalue weighted by atomic mass is 16.7. The Balaban J connectivity index is 2.46. The minimum absolute atomic E-state index is 0.308. The molecule has 0 bridgehead atoms. The molecule has 0 unspecified atom stereocenters. The molecule has 0 radical (unpaired) electrons. The van der Waals surface area contributed by atoms with Gasteiger partial charge in [-0.1, -0.05) is 18.2 Å². The summed E-state index contributed by atoms with van der Waals surface area (Å²) in [6.07, 6.45) is 3.88. The van der Waals surface area contributed by atoms with Gasteiger partial charge in [0.05, 0.1) is 0 Å². The van der Waals surface area contributed by atoms with Gasteiger partial charge < -0.3 is 15.2 Å². The second kappa shape index (κ2) is 3.72. The Morgan fingerprint density at radius 1 is 1.43 bits per heavy atom. The third-order valence-electron chi connectivity index (χ3n) is 2.22. The van der Waals surface area contributed by atoms with Crippen LogP contribution in [-0.4, -0.2) is 13.3 Å². The summed E-state index contributed by atoms with van der Waals surface area (Å²) < 4.78 is 10.7. The molecule has 0 atom stereocenters. The van der Waals surface area contributed by atoms with Gasteiger partial charge in [0, 0.05) is 12.1 Å². The van der Waals surface area contributed by atoms with Gasteiger partial charge in [-0.3, -0.25) is 0 Å². The van der Waals surface area contributed by atoms with E-state index in [1.165, 1.54) is 5.56 Å². The summed E-state index contributed by atoms with van der Waals surface area (Å²) in [4.78, 5) is 0. The number of benzene rings is 1. The van der Waals surface area contributed by atoms with Crippen molar-refractivity contribution in [3.05, 3.63) is 29.3 Å². The molecule has 1 heterocycles. The largest absolute Gasteiger partial charge is 0.454 e. The van der Waals surface area contributed by atoms with Crippen molar-refractivity contribution < 1.29 is 9.47 Å². The fourth-order valence-corrected chi connectivity index (χ4v) is 1.49. The molecule has 0 spiro atoms. The molecule has 0 saturated carbocycles. The van der Waals surface area contributed by atoms with E-state index >= 15 is 0 Å². The molecule has 3 nitrogen and oxygen atoms in total. The van der Waals surface area contributed by atoms with Crippen LogP contribution >= 0.6 is 0 Å². The molecule has 0 saturated heterocycles. The van der Waals surface area contributed by atoms with Crippen LogP contribution in [0.4, 0.5) is 0 Å². The predicted molar refractivity (Wildman–Crippen MR) is 55.4 cm³/mol. The first kappa shape index (κ1) is 9.09. The van der Waals surface area contributed by atoms with E-state index in [0.717, 1.165) is 17.1 Å². The summed E-state index contributed by atoms with van der Waals surface area (Å²) in [6, 6.07) is 3.95. The van der Waals surface area contributed by atoms with Gasteiger partial charge in [-0.05, 0) is 18.6 Å². The van der Waals surface area contributed by atoms with Crippen molar-refractivity contribution in [2.75, 3.05) is 13.3 Å². The Bertz CT molecular complexity index is 372. The van der Waals surface area contributed by atoms with E-state index in [1.54, 1.807) is 0 Å². The van der Waals surface area contributed by atoms with Crippen molar-refractivity contribution in [1.29, 1.82) is 0 Å². The molecule has 74 valence electrons. The standard InChI is InChI=1S/C11H13NO2/c1-8-4-5-10-11(14-7-13-10)9(8)3-2-6-12/h2-5H,6-7,12H2,1H3/b3-2+. The zero-order valence-corrected chi connectivity index (χ0v) is 8.12. The van der Waals surface area contributed by atoms with E-state index in [4.69, 9.17) is 15.2 Å². The maximum Gasteiger partial charge on any atom is 0.231 e. The number of ether oxygens (including phenoxy) is 2. The Morgan fingerprint density at radius 3 is 3.07 bits per heavy atom. The number of aryl methyl sites for hydroxylation is 1. The van der Waals surface area contributed by atoms with Gasteiger partial charge in [0.2, 0.25) is 6.79 Å². The third kappa shape index (κ3) is 1.46. The molecule has 1 aromatic carbocycles. The predicted octanol–water partition coefficient (Wildman–Crippen LogP) is 1.70. The maximum absolute atomic E-state index is 5.41. The number of rotatable bonds is 2. The highest BCUT2D eigenvalue weighted by Crippen LogP contribution is 2.37. The second-order valence-electron chi connectivity index (χ2n) is 3.17. The highest BCUT2D eigenvalue weighted by molar-refractivity contribution is 5.66. The molecule has 2 N–H and O–H groups in total. The molecule has 2 rings (SSSR count). The third-order valence-corrected chi connectivity index (χ3v) is 2.22. The maximum atomic E-state index is 5.41. The summed E-state index contributed by atoms with van der Waals surface area (Å²) in [7, 11) is 0. The summed E-state index contributed by atoms with van der Waals surface area (Å²) in [6.45, 7) is 2.88. The van der Waals surface area contributed by atoms with Crippen LogP contribution in [0.1, 0.15) is 11.1 Å². The Kier molecular flexibility index (Phi) is 2.41. The minimum atomic E-state index is 0.308. The van der Waals surface area contributed by atoms with E-state index in [2.05, 4.69) is 0 Å². The first-order valence-electron chi connectivity index (χ1n) is 4.58. The normalized spacial score (nSPS) is 13.9. The van der Waals surface area contributed by atoms with Crippen LogP contribution in [0.5, 0.6) is 11.5 Å². The summed E-state index contributed by atoms with van der Waals surface area (Å²) in [5.74, 6) is 1.64. The average molecular weight is 191 g/mol. The number of hydrogen-bond acceptors (Lipinski definition) is 3. The lowest BCUT2D eigenvalue weighted by molar-refractivity contribution is 0.173. The second-order valence-corrected chi connectivity index (χ2v) is 3.17. The smallest absolute Gasteiger partial charge is 0.231 e. The lowest BCUT2D eigenvalue weighted by Crippen LogP contribution is -1.95. The summed E-state index contributed by atoms with van der Waals surface area (Å²) in [5, 5.41) is 0. The molecule has 14 heavy (non-hydrogen) atoms. The highest BCUT2D eigenvalue weighted by Gasteiger charge is 2.17. The molecule has 0 fully saturated rings. The van der Waals surface area contributed by atoms with Gasteiger partial charge >= 0.3 is 0 Å². The van der Waals surface area contributed by atoms with Crippen molar-refractivity contribution in [1.82, 2.24) is 0 Å². The van der Waals surface area contributed by atoms with Gasteiger partial charge in [0.15, 0.2) is 11.5 Å². The molecule has 0 aromatic heterocycles. The molecular formula is C11H13NO2.